The molecule has 11 rings (SSSR count). The zero-order valence-corrected chi connectivity index (χ0v) is 29.2. The lowest BCUT2D eigenvalue weighted by molar-refractivity contribution is 0.669. The van der Waals surface area contributed by atoms with Gasteiger partial charge in [-0.2, -0.15) is 5.26 Å². The topological polar surface area (TPSA) is 41.9 Å². The number of rotatable bonds is 4. The van der Waals surface area contributed by atoms with E-state index in [-0.39, 0.29) is 0 Å². The number of aromatic nitrogens is 1. The average Bonchev–Trinajstić information content (AvgIpc) is 3.91. The van der Waals surface area contributed by atoms with Crippen LogP contribution in [0, 0.1) is 11.3 Å². The molecule has 0 fully saturated rings. The highest BCUT2D eigenvalue weighted by molar-refractivity contribution is 7.26. The fraction of sp³-hybridized carbons (Fsp3) is 0. The molecule has 0 N–H and O–H groups in total. The molecule has 53 heavy (non-hydrogen) atoms. The molecule has 8 aromatic carbocycles. The Hall–Kier alpha value is -6.93. The van der Waals surface area contributed by atoms with E-state index in [0.29, 0.717) is 5.56 Å². The molecule has 246 valence electrons. The summed E-state index contributed by atoms with van der Waals surface area (Å²) in [6, 6.07) is 62.6. The standard InChI is InChI=1S/C49H28N2OS/c50-29-34-21-24-36(35-16-10-20-45-46(35)37-15-7-8-19-44(37)52-45)47-38-17-9-18-43(49(38)53-48(34)47)51-41-25-22-32(30-11-3-1-4-12-30)27-39(41)40-28-33(23-26-42(40)51)31-13-5-2-6-14-31/h1-28H. The summed E-state index contributed by atoms with van der Waals surface area (Å²) >= 11 is 1.71. The number of hydrogen-bond donors (Lipinski definition) is 0. The second kappa shape index (κ2) is 11.5. The zero-order chi connectivity index (χ0) is 35.0. The molecule has 0 amide bonds. The first-order valence-electron chi connectivity index (χ1n) is 17.7. The van der Waals surface area contributed by atoms with Crippen molar-refractivity contribution in [2.45, 2.75) is 0 Å². The minimum absolute atomic E-state index is 0.683. The van der Waals surface area contributed by atoms with E-state index in [1.165, 1.54) is 33.0 Å². The number of thiophene rings is 1. The molecule has 0 saturated heterocycles. The Morgan fingerprint density at radius 2 is 1.06 bits per heavy atom. The number of para-hydroxylation sites is 1. The number of benzene rings is 8. The first kappa shape index (κ1) is 29.8. The molecular weight excluding hydrogens is 665 g/mol. The first-order valence-corrected chi connectivity index (χ1v) is 18.6. The third-order valence-electron chi connectivity index (χ3n) is 10.7. The van der Waals surface area contributed by atoms with Crippen LogP contribution in [-0.4, -0.2) is 4.57 Å². The largest absolute Gasteiger partial charge is 0.456 e. The van der Waals surface area contributed by atoms with E-state index in [2.05, 4.69) is 156 Å². The van der Waals surface area contributed by atoms with Crippen molar-refractivity contribution >= 4 is 75.3 Å². The second-order valence-electron chi connectivity index (χ2n) is 13.5. The van der Waals surface area contributed by atoms with Crippen molar-refractivity contribution in [2.24, 2.45) is 0 Å². The van der Waals surface area contributed by atoms with Crippen molar-refractivity contribution in [3.8, 4) is 45.1 Å². The molecule has 3 aromatic heterocycles. The van der Waals surface area contributed by atoms with Gasteiger partial charge in [0.15, 0.2) is 0 Å². The normalized spacial score (nSPS) is 11.8. The van der Waals surface area contributed by atoms with Crippen molar-refractivity contribution in [2.75, 3.05) is 0 Å². The van der Waals surface area contributed by atoms with Gasteiger partial charge in [-0.25, -0.2) is 0 Å². The van der Waals surface area contributed by atoms with Crippen LogP contribution in [0.25, 0.3) is 103 Å². The molecule has 0 unspecified atom stereocenters. The summed E-state index contributed by atoms with van der Waals surface area (Å²) < 4.78 is 10.9. The maximum absolute atomic E-state index is 10.4. The van der Waals surface area contributed by atoms with E-state index in [0.717, 1.165) is 70.0 Å². The third kappa shape index (κ3) is 4.45. The van der Waals surface area contributed by atoms with Crippen LogP contribution in [0.5, 0.6) is 0 Å². The Balaban J connectivity index is 1.22. The minimum atomic E-state index is 0.683. The van der Waals surface area contributed by atoms with Crippen molar-refractivity contribution < 1.29 is 4.42 Å². The molecule has 0 aliphatic rings. The summed E-state index contributed by atoms with van der Waals surface area (Å²) in [5, 5.41) is 17.2. The van der Waals surface area contributed by atoms with Crippen molar-refractivity contribution in [1.82, 2.24) is 4.57 Å². The molecular formula is C49H28N2OS. The van der Waals surface area contributed by atoms with Gasteiger partial charge in [0.1, 0.15) is 17.2 Å². The highest BCUT2D eigenvalue weighted by Gasteiger charge is 2.22. The van der Waals surface area contributed by atoms with E-state index < -0.39 is 0 Å². The molecule has 4 heteroatoms. The van der Waals surface area contributed by atoms with Gasteiger partial charge in [-0.05, 0) is 81.9 Å². The molecule has 0 aliphatic heterocycles. The van der Waals surface area contributed by atoms with Gasteiger partial charge in [0.2, 0.25) is 0 Å². The van der Waals surface area contributed by atoms with Crippen molar-refractivity contribution in [1.29, 1.82) is 5.26 Å². The van der Waals surface area contributed by atoms with Gasteiger partial charge in [0, 0.05) is 32.3 Å². The van der Waals surface area contributed by atoms with Crippen molar-refractivity contribution in [3.63, 3.8) is 0 Å². The number of nitriles is 1. The molecule has 0 atom stereocenters. The van der Waals surface area contributed by atoms with Crippen LogP contribution in [0.15, 0.2) is 174 Å². The maximum Gasteiger partial charge on any atom is 0.136 e. The van der Waals surface area contributed by atoms with E-state index in [1.54, 1.807) is 11.3 Å². The second-order valence-corrected chi connectivity index (χ2v) is 14.6. The SMILES string of the molecule is N#Cc1ccc(-c2cccc3oc4ccccc4c23)c2c1sc1c(-n3c4ccc(-c5ccccc5)cc4c4cc(-c5ccccc5)ccc43)cccc12. The molecule has 0 radical (unpaired) electrons. The summed E-state index contributed by atoms with van der Waals surface area (Å²) in [5.74, 6) is 0. The lowest BCUT2D eigenvalue weighted by Crippen LogP contribution is -1.94. The van der Waals surface area contributed by atoms with Gasteiger partial charge in [-0.15, -0.1) is 11.3 Å². The lowest BCUT2D eigenvalue weighted by Gasteiger charge is -2.11. The fourth-order valence-electron chi connectivity index (χ4n) is 8.28. The van der Waals surface area contributed by atoms with Crippen LogP contribution in [0.3, 0.4) is 0 Å². The molecule has 0 bridgehead atoms. The summed E-state index contributed by atoms with van der Waals surface area (Å²) in [6.45, 7) is 0. The van der Waals surface area contributed by atoms with Gasteiger partial charge in [-0.1, -0.05) is 121 Å². The maximum atomic E-state index is 10.4. The predicted molar refractivity (Wildman–Crippen MR) is 222 cm³/mol. The van der Waals surface area contributed by atoms with Crippen LogP contribution < -0.4 is 0 Å². The quantitative estimate of drug-likeness (QED) is 0.184. The summed E-state index contributed by atoms with van der Waals surface area (Å²) in [4.78, 5) is 0. The van der Waals surface area contributed by atoms with E-state index in [9.17, 15) is 5.26 Å². The number of fused-ring (bicyclic) bond motifs is 9. The van der Waals surface area contributed by atoms with Gasteiger partial charge in [-0.3, -0.25) is 0 Å². The fourth-order valence-corrected chi connectivity index (χ4v) is 9.57. The molecule has 11 aromatic rings. The third-order valence-corrected chi connectivity index (χ3v) is 11.9. The molecule has 3 heterocycles. The number of hydrogen-bond acceptors (Lipinski definition) is 3. The number of nitrogens with zero attached hydrogens (tertiary/aromatic N) is 2. The van der Waals surface area contributed by atoms with Crippen LogP contribution in [0.4, 0.5) is 0 Å². The molecule has 3 nitrogen and oxygen atoms in total. The molecule has 0 aliphatic carbocycles. The number of furan rings is 1. The average molecular weight is 693 g/mol. The lowest BCUT2D eigenvalue weighted by atomic mass is 9.94. The molecule has 0 spiro atoms. The van der Waals surface area contributed by atoms with E-state index in [4.69, 9.17) is 4.42 Å². The summed E-state index contributed by atoms with van der Waals surface area (Å²) in [7, 11) is 0. The Labute approximate surface area is 308 Å². The van der Waals surface area contributed by atoms with Crippen molar-refractivity contribution in [3.05, 3.63) is 175 Å². The van der Waals surface area contributed by atoms with Crippen LogP contribution in [0.2, 0.25) is 0 Å². The van der Waals surface area contributed by atoms with Crippen LogP contribution in [-0.2, 0) is 0 Å². The Kier molecular flexibility index (Phi) is 6.48. The van der Waals surface area contributed by atoms with Gasteiger partial charge in [0.25, 0.3) is 0 Å². The Morgan fingerprint density at radius 3 is 1.75 bits per heavy atom. The zero-order valence-electron chi connectivity index (χ0n) is 28.4. The van der Waals surface area contributed by atoms with Crippen LogP contribution >= 0.6 is 11.3 Å². The Bertz CT molecular complexity index is 3190. The van der Waals surface area contributed by atoms with E-state index >= 15 is 0 Å². The predicted octanol–water partition coefficient (Wildman–Crippen LogP) is 13.9. The Morgan fingerprint density at radius 1 is 0.453 bits per heavy atom. The summed E-state index contributed by atoms with van der Waals surface area (Å²) in [5.41, 5.74) is 12.8. The van der Waals surface area contributed by atoms with Gasteiger partial charge < -0.3 is 8.98 Å². The van der Waals surface area contributed by atoms with Gasteiger partial charge in [0.05, 0.1) is 31.7 Å². The van der Waals surface area contributed by atoms with E-state index in [1.807, 2.05) is 24.3 Å². The smallest absolute Gasteiger partial charge is 0.136 e. The minimum Gasteiger partial charge on any atom is -0.456 e. The first-order chi connectivity index (χ1) is 26.2. The molecule has 0 saturated carbocycles. The highest BCUT2D eigenvalue weighted by atomic mass is 32.1. The highest BCUT2D eigenvalue weighted by Crippen LogP contribution is 2.48. The van der Waals surface area contributed by atoms with Crippen LogP contribution in [0.1, 0.15) is 5.56 Å². The monoisotopic (exact) mass is 692 g/mol. The summed E-state index contributed by atoms with van der Waals surface area (Å²) in [6.07, 6.45) is 0. The van der Waals surface area contributed by atoms with Gasteiger partial charge >= 0.3 is 0 Å².